The van der Waals surface area contributed by atoms with Gasteiger partial charge < -0.3 is 25.4 Å². The average Bonchev–Trinajstić information content (AvgIpc) is 3.01. The molecule has 2 aliphatic heterocycles. The number of carbonyl (C=O) groups excluding carboxylic acids is 2. The lowest BCUT2D eigenvalue weighted by atomic mass is 9.78. The number of primary amides is 1. The molecule has 0 radical (unpaired) electrons. The van der Waals surface area contributed by atoms with Crippen molar-refractivity contribution in [2.75, 3.05) is 24.5 Å². The SMILES string of the molecule is Cc1cc(N2CCC[C@@]3(CCN(C4CCC(O)CC4)C3=O)C2)nc(C)c1OC(N)=O. The van der Waals surface area contributed by atoms with Crippen molar-refractivity contribution in [3.63, 3.8) is 0 Å². The number of carbonyl (C=O) groups is 2. The Bertz CT molecular complexity index is 813. The van der Waals surface area contributed by atoms with Crippen LogP contribution in [-0.2, 0) is 4.79 Å². The Morgan fingerprint density at radius 3 is 2.63 bits per heavy atom. The van der Waals surface area contributed by atoms with Gasteiger partial charge in [-0.1, -0.05) is 0 Å². The Kier molecular flexibility index (Phi) is 5.61. The Labute approximate surface area is 177 Å². The second kappa shape index (κ2) is 8.06. The van der Waals surface area contributed by atoms with E-state index in [0.29, 0.717) is 18.0 Å². The highest BCUT2D eigenvalue weighted by Gasteiger charge is 2.50. The van der Waals surface area contributed by atoms with Crippen LogP contribution in [0.2, 0.25) is 0 Å². The minimum absolute atomic E-state index is 0.211. The first-order valence-corrected chi connectivity index (χ1v) is 11.0. The van der Waals surface area contributed by atoms with Gasteiger partial charge in [0, 0.05) is 25.7 Å². The number of ether oxygens (including phenoxy) is 1. The van der Waals surface area contributed by atoms with E-state index in [1.807, 2.05) is 13.0 Å². The number of aliphatic hydroxyl groups excluding tert-OH is 1. The van der Waals surface area contributed by atoms with E-state index in [4.69, 9.17) is 10.5 Å². The number of hydrogen-bond donors (Lipinski definition) is 2. The van der Waals surface area contributed by atoms with Crippen molar-refractivity contribution in [2.24, 2.45) is 11.1 Å². The van der Waals surface area contributed by atoms with Crippen molar-refractivity contribution in [1.82, 2.24) is 9.88 Å². The molecule has 1 aromatic rings. The van der Waals surface area contributed by atoms with Crippen molar-refractivity contribution in [2.45, 2.75) is 70.9 Å². The van der Waals surface area contributed by atoms with E-state index in [2.05, 4.69) is 14.8 Å². The van der Waals surface area contributed by atoms with Gasteiger partial charge in [-0.25, -0.2) is 9.78 Å². The largest absolute Gasteiger partial charge is 0.410 e. The Balaban J connectivity index is 1.51. The molecule has 2 amide bonds. The number of anilines is 1. The average molecular weight is 417 g/mol. The Morgan fingerprint density at radius 2 is 1.97 bits per heavy atom. The van der Waals surface area contributed by atoms with Crippen LogP contribution in [0.1, 0.15) is 56.2 Å². The number of rotatable bonds is 3. The van der Waals surface area contributed by atoms with Crippen LogP contribution in [0.3, 0.4) is 0 Å². The number of aryl methyl sites for hydroxylation is 2. The van der Waals surface area contributed by atoms with Gasteiger partial charge in [-0.3, -0.25) is 4.79 Å². The predicted molar refractivity (Wildman–Crippen MR) is 112 cm³/mol. The lowest BCUT2D eigenvalue weighted by molar-refractivity contribution is -0.139. The summed E-state index contributed by atoms with van der Waals surface area (Å²) in [5.41, 5.74) is 6.23. The van der Waals surface area contributed by atoms with Gasteiger partial charge in [0.05, 0.1) is 17.2 Å². The molecule has 0 aromatic carbocycles. The van der Waals surface area contributed by atoms with Crippen LogP contribution in [0.4, 0.5) is 10.6 Å². The molecule has 0 bridgehead atoms. The van der Waals surface area contributed by atoms with Crippen LogP contribution < -0.4 is 15.4 Å². The summed E-state index contributed by atoms with van der Waals surface area (Å²) >= 11 is 0. The lowest BCUT2D eigenvalue weighted by Gasteiger charge is -2.41. The van der Waals surface area contributed by atoms with E-state index in [1.165, 1.54) is 0 Å². The molecule has 1 aliphatic carbocycles. The fourth-order valence-corrected chi connectivity index (χ4v) is 5.49. The molecule has 4 rings (SSSR count). The number of hydrogen-bond acceptors (Lipinski definition) is 6. The maximum absolute atomic E-state index is 13.5. The molecule has 30 heavy (non-hydrogen) atoms. The van der Waals surface area contributed by atoms with Crippen LogP contribution >= 0.6 is 0 Å². The van der Waals surface area contributed by atoms with Crippen molar-refractivity contribution >= 4 is 17.8 Å². The number of piperidine rings is 1. The zero-order valence-electron chi connectivity index (χ0n) is 17.9. The fourth-order valence-electron chi connectivity index (χ4n) is 5.49. The first-order valence-electron chi connectivity index (χ1n) is 11.0. The second-order valence-electron chi connectivity index (χ2n) is 9.15. The fraction of sp³-hybridized carbons (Fsp3) is 0.682. The van der Waals surface area contributed by atoms with Gasteiger partial charge >= 0.3 is 6.09 Å². The molecule has 8 heteroatoms. The standard InChI is InChI=1S/C22H32N4O4/c1-14-12-18(24-15(2)19(14)30-21(23)29)25-10-3-8-22(13-25)9-11-26(20(22)28)16-4-6-17(27)7-5-16/h12,16-17,27H,3-11,13H2,1-2H3,(H2,23,29)/t16?,17?,22-/m1/s1. The minimum atomic E-state index is -0.848. The number of likely N-dealkylation sites (tertiary alicyclic amines) is 1. The summed E-state index contributed by atoms with van der Waals surface area (Å²) in [7, 11) is 0. The molecule has 3 aliphatic rings. The Hall–Kier alpha value is -2.35. The third-order valence-electron chi connectivity index (χ3n) is 7.07. The number of nitrogens with two attached hydrogens (primary N) is 1. The molecule has 3 N–H and O–H groups in total. The van der Waals surface area contributed by atoms with Crippen molar-refractivity contribution in [3.05, 3.63) is 17.3 Å². The Morgan fingerprint density at radius 1 is 1.23 bits per heavy atom. The molecule has 2 saturated heterocycles. The number of aliphatic hydroxyl groups is 1. The van der Waals surface area contributed by atoms with Crippen molar-refractivity contribution in [3.8, 4) is 5.75 Å². The summed E-state index contributed by atoms with van der Waals surface area (Å²) in [5, 5.41) is 9.80. The first kappa shape index (κ1) is 20.9. The number of aromatic nitrogens is 1. The van der Waals surface area contributed by atoms with Gasteiger partial charge in [-0.2, -0.15) is 0 Å². The molecule has 8 nitrogen and oxygen atoms in total. The van der Waals surface area contributed by atoms with Gasteiger partial charge in [0.2, 0.25) is 5.91 Å². The summed E-state index contributed by atoms with van der Waals surface area (Å²) in [5.74, 6) is 1.49. The van der Waals surface area contributed by atoms with Gasteiger partial charge in [0.15, 0.2) is 5.75 Å². The van der Waals surface area contributed by atoms with E-state index >= 15 is 0 Å². The number of nitrogens with zero attached hydrogens (tertiary/aromatic N) is 3. The molecular weight excluding hydrogens is 384 g/mol. The van der Waals surface area contributed by atoms with E-state index in [-0.39, 0.29) is 23.5 Å². The molecule has 1 aromatic heterocycles. The molecule has 3 fully saturated rings. The van der Waals surface area contributed by atoms with Gasteiger partial charge in [-0.15, -0.1) is 0 Å². The van der Waals surface area contributed by atoms with Crippen LogP contribution in [0, 0.1) is 19.3 Å². The molecule has 1 saturated carbocycles. The van der Waals surface area contributed by atoms with E-state index in [9.17, 15) is 14.7 Å². The van der Waals surface area contributed by atoms with Crippen LogP contribution in [-0.4, -0.2) is 58.8 Å². The third kappa shape index (κ3) is 3.85. The molecule has 3 heterocycles. The highest BCUT2D eigenvalue weighted by atomic mass is 16.5. The molecule has 1 spiro atoms. The van der Waals surface area contributed by atoms with Crippen LogP contribution in [0.5, 0.6) is 5.75 Å². The van der Waals surface area contributed by atoms with E-state index in [0.717, 1.165) is 69.4 Å². The molecule has 164 valence electrons. The summed E-state index contributed by atoms with van der Waals surface area (Å²) in [4.78, 5) is 33.6. The van der Waals surface area contributed by atoms with Gasteiger partial charge in [0.1, 0.15) is 5.82 Å². The molecular formula is C22H32N4O4. The maximum Gasteiger partial charge on any atom is 0.410 e. The first-order chi connectivity index (χ1) is 14.3. The van der Waals surface area contributed by atoms with Crippen LogP contribution in [0.15, 0.2) is 6.07 Å². The topological polar surface area (TPSA) is 109 Å². The summed E-state index contributed by atoms with van der Waals surface area (Å²) in [6, 6.07) is 2.17. The molecule has 1 atom stereocenters. The van der Waals surface area contributed by atoms with E-state index in [1.54, 1.807) is 6.92 Å². The highest BCUT2D eigenvalue weighted by molar-refractivity contribution is 5.86. The highest BCUT2D eigenvalue weighted by Crippen LogP contribution is 2.43. The number of amides is 2. The van der Waals surface area contributed by atoms with Crippen molar-refractivity contribution < 1.29 is 19.4 Å². The third-order valence-corrected chi connectivity index (χ3v) is 7.07. The van der Waals surface area contributed by atoms with Crippen LogP contribution in [0.25, 0.3) is 0 Å². The maximum atomic E-state index is 13.5. The summed E-state index contributed by atoms with van der Waals surface area (Å²) < 4.78 is 5.10. The zero-order chi connectivity index (χ0) is 21.5. The van der Waals surface area contributed by atoms with Gasteiger partial charge in [0.25, 0.3) is 0 Å². The second-order valence-corrected chi connectivity index (χ2v) is 9.15. The van der Waals surface area contributed by atoms with Gasteiger partial charge in [-0.05, 0) is 70.4 Å². The minimum Gasteiger partial charge on any atom is -0.408 e. The number of pyridine rings is 1. The normalized spacial score (nSPS) is 29.5. The zero-order valence-corrected chi connectivity index (χ0v) is 17.9. The van der Waals surface area contributed by atoms with E-state index < -0.39 is 6.09 Å². The molecule has 0 unspecified atom stereocenters. The lowest BCUT2D eigenvalue weighted by Crippen LogP contribution is -2.50. The smallest absolute Gasteiger partial charge is 0.408 e. The quantitative estimate of drug-likeness (QED) is 0.782. The summed E-state index contributed by atoms with van der Waals surface area (Å²) in [6.07, 6.45) is 5.05. The monoisotopic (exact) mass is 416 g/mol. The predicted octanol–water partition coefficient (Wildman–Crippen LogP) is 2.28. The summed E-state index contributed by atoms with van der Waals surface area (Å²) in [6.45, 7) is 6.00. The van der Waals surface area contributed by atoms with Crippen molar-refractivity contribution in [1.29, 1.82) is 0 Å².